The van der Waals surface area contributed by atoms with Crippen molar-refractivity contribution in [2.75, 3.05) is 5.73 Å². The molecular weight excluding hydrogens is 194 g/mol. The van der Waals surface area contributed by atoms with Crippen LogP contribution in [-0.2, 0) is 0 Å². The van der Waals surface area contributed by atoms with Gasteiger partial charge in [0.1, 0.15) is 0 Å². The summed E-state index contributed by atoms with van der Waals surface area (Å²) in [5.74, 6) is 0. The van der Waals surface area contributed by atoms with Crippen LogP contribution in [0.3, 0.4) is 0 Å². The minimum Gasteiger partial charge on any atom is -0.398 e. The van der Waals surface area contributed by atoms with Crippen molar-refractivity contribution in [1.82, 2.24) is 0 Å². The van der Waals surface area contributed by atoms with Gasteiger partial charge in [0.25, 0.3) is 0 Å². The number of allylic oxidation sites excluding steroid dienone is 1. The van der Waals surface area contributed by atoms with E-state index < -0.39 is 0 Å². The molecule has 0 spiro atoms. The average molecular weight is 219 g/mol. The number of rotatable bonds is 4. The first-order valence-electron chi connectivity index (χ1n) is 6.23. The molecule has 0 fully saturated rings. The third-order valence-corrected chi connectivity index (χ3v) is 2.30. The van der Waals surface area contributed by atoms with Gasteiger partial charge in [-0.15, -0.1) is 0 Å². The Balaban J connectivity index is 0.000000325. The Hall–Kier alpha value is -1.24. The predicted molar refractivity (Wildman–Crippen MR) is 75.4 cm³/mol. The monoisotopic (exact) mass is 219 g/mol. The van der Waals surface area contributed by atoms with E-state index in [4.69, 9.17) is 5.73 Å². The fourth-order valence-electron chi connectivity index (χ4n) is 1.34. The molecule has 0 aromatic heterocycles. The second kappa shape index (κ2) is 10.3. The fraction of sp³-hybridized carbons (Fsp3) is 0.467. The van der Waals surface area contributed by atoms with Crippen molar-refractivity contribution in [3.8, 4) is 0 Å². The highest BCUT2D eigenvalue weighted by Gasteiger charge is 1.88. The lowest BCUT2D eigenvalue weighted by atomic mass is 10.2. The molecule has 1 heteroatoms. The lowest BCUT2D eigenvalue weighted by Gasteiger charge is -1.96. The Morgan fingerprint density at radius 1 is 1.06 bits per heavy atom. The molecule has 0 aliphatic carbocycles. The Morgan fingerprint density at radius 2 is 1.62 bits per heavy atom. The van der Waals surface area contributed by atoms with E-state index >= 15 is 0 Å². The number of nitrogen functional groups attached to an aromatic ring is 1. The molecule has 0 amide bonds. The minimum absolute atomic E-state index is 0.834. The molecule has 0 saturated heterocycles. The Kier molecular flexibility index (Phi) is 9.49. The summed E-state index contributed by atoms with van der Waals surface area (Å²) < 4.78 is 0. The largest absolute Gasteiger partial charge is 0.398 e. The highest BCUT2D eigenvalue weighted by atomic mass is 14.5. The summed E-state index contributed by atoms with van der Waals surface area (Å²) in [6, 6.07) is 7.80. The van der Waals surface area contributed by atoms with E-state index in [-0.39, 0.29) is 0 Å². The molecular formula is C15H25N. The summed E-state index contributed by atoms with van der Waals surface area (Å²) in [4.78, 5) is 0. The molecule has 0 radical (unpaired) electrons. The number of unbranched alkanes of at least 4 members (excludes halogenated alkanes) is 3. The topological polar surface area (TPSA) is 26.0 Å². The van der Waals surface area contributed by atoms with E-state index in [1.807, 2.05) is 43.3 Å². The molecule has 0 heterocycles. The molecule has 16 heavy (non-hydrogen) atoms. The summed E-state index contributed by atoms with van der Waals surface area (Å²) in [6.07, 6.45) is 9.51. The van der Waals surface area contributed by atoms with Gasteiger partial charge in [0, 0.05) is 5.69 Å². The molecule has 2 N–H and O–H groups in total. The van der Waals surface area contributed by atoms with Crippen molar-refractivity contribution in [2.24, 2.45) is 0 Å². The lowest BCUT2D eigenvalue weighted by Crippen LogP contribution is -1.86. The van der Waals surface area contributed by atoms with Gasteiger partial charge in [-0.2, -0.15) is 0 Å². The van der Waals surface area contributed by atoms with Crippen LogP contribution in [-0.4, -0.2) is 0 Å². The SMILES string of the molecule is C/C=C\c1ccccc1N.CCCCCC. The minimum atomic E-state index is 0.834. The molecule has 90 valence electrons. The molecule has 0 saturated carbocycles. The van der Waals surface area contributed by atoms with Gasteiger partial charge >= 0.3 is 0 Å². The van der Waals surface area contributed by atoms with Crippen LogP contribution in [0.25, 0.3) is 6.08 Å². The number of nitrogens with two attached hydrogens (primary N) is 1. The summed E-state index contributed by atoms with van der Waals surface area (Å²) in [5, 5.41) is 0. The van der Waals surface area contributed by atoms with Gasteiger partial charge in [0.2, 0.25) is 0 Å². The van der Waals surface area contributed by atoms with Crippen molar-refractivity contribution in [3.05, 3.63) is 35.9 Å². The third-order valence-electron chi connectivity index (χ3n) is 2.30. The highest BCUT2D eigenvalue weighted by Crippen LogP contribution is 2.11. The zero-order valence-electron chi connectivity index (χ0n) is 10.9. The van der Waals surface area contributed by atoms with Crippen molar-refractivity contribution in [1.29, 1.82) is 0 Å². The number of benzene rings is 1. The number of hydrogen-bond acceptors (Lipinski definition) is 1. The van der Waals surface area contributed by atoms with E-state index in [9.17, 15) is 0 Å². The van der Waals surface area contributed by atoms with E-state index in [1.54, 1.807) is 0 Å². The van der Waals surface area contributed by atoms with E-state index in [0.29, 0.717) is 0 Å². The van der Waals surface area contributed by atoms with Crippen LogP contribution in [0, 0.1) is 0 Å². The first kappa shape index (κ1) is 14.8. The Morgan fingerprint density at radius 3 is 2.06 bits per heavy atom. The van der Waals surface area contributed by atoms with Crippen LogP contribution >= 0.6 is 0 Å². The van der Waals surface area contributed by atoms with Crippen LogP contribution in [0.2, 0.25) is 0 Å². The number of anilines is 1. The highest BCUT2D eigenvalue weighted by molar-refractivity contribution is 5.63. The maximum absolute atomic E-state index is 5.66. The summed E-state index contributed by atoms with van der Waals surface area (Å²) in [7, 11) is 0. The van der Waals surface area contributed by atoms with Gasteiger partial charge in [-0.25, -0.2) is 0 Å². The van der Waals surface area contributed by atoms with Crippen molar-refractivity contribution in [3.63, 3.8) is 0 Å². The van der Waals surface area contributed by atoms with Crippen LogP contribution < -0.4 is 5.73 Å². The van der Waals surface area contributed by atoms with E-state index in [1.165, 1.54) is 25.7 Å². The molecule has 1 aromatic rings. The molecule has 1 nitrogen and oxygen atoms in total. The summed E-state index contributed by atoms with van der Waals surface area (Å²) in [6.45, 7) is 6.44. The average Bonchev–Trinajstić information content (AvgIpc) is 2.31. The quantitative estimate of drug-likeness (QED) is 0.566. The second-order valence-corrected chi connectivity index (χ2v) is 3.84. The van der Waals surface area contributed by atoms with Crippen molar-refractivity contribution >= 4 is 11.8 Å². The number of para-hydroxylation sites is 1. The molecule has 0 unspecified atom stereocenters. The first-order chi connectivity index (χ1) is 7.76. The van der Waals surface area contributed by atoms with Crippen molar-refractivity contribution in [2.45, 2.75) is 46.5 Å². The Bertz CT molecular complexity index is 285. The lowest BCUT2D eigenvalue weighted by molar-refractivity contribution is 0.702. The molecule has 0 atom stereocenters. The van der Waals surface area contributed by atoms with Gasteiger partial charge in [-0.3, -0.25) is 0 Å². The summed E-state index contributed by atoms with van der Waals surface area (Å²) in [5.41, 5.74) is 7.58. The van der Waals surface area contributed by atoms with Crippen molar-refractivity contribution < 1.29 is 0 Å². The third kappa shape index (κ3) is 7.10. The van der Waals surface area contributed by atoms with E-state index in [0.717, 1.165) is 11.3 Å². The fourth-order valence-corrected chi connectivity index (χ4v) is 1.34. The number of hydrogen-bond donors (Lipinski definition) is 1. The summed E-state index contributed by atoms with van der Waals surface area (Å²) >= 11 is 0. The van der Waals surface area contributed by atoms with Gasteiger partial charge in [0.05, 0.1) is 0 Å². The van der Waals surface area contributed by atoms with Crippen LogP contribution in [0.5, 0.6) is 0 Å². The normalized spacial score (nSPS) is 9.94. The molecule has 1 aromatic carbocycles. The molecule has 0 bridgehead atoms. The maximum atomic E-state index is 5.66. The van der Waals surface area contributed by atoms with Crippen LogP contribution in [0.1, 0.15) is 52.0 Å². The Labute approximate surface area is 100 Å². The zero-order chi connectivity index (χ0) is 12.2. The van der Waals surface area contributed by atoms with Crippen LogP contribution in [0.4, 0.5) is 5.69 Å². The van der Waals surface area contributed by atoms with Gasteiger partial charge in [-0.05, 0) is 18.6 Å². The van der Waals surface area contributed by atoms with Gasteiger partial charge in [0.15, 0.2) is 0 Å². The van der Waals surface area contributed by atoms with Gasteiger partial charge < -0.3 is 5.73 Å². The second-order valence-electron chi connectivity index (χ2n) is 3.84. The smallest absolute Gasteiger partial charge is 0.0387 e. The first-order valence-corrected chi connectivity index (χ1v) is 6.23. The zero-order valence-corrected chi connectivity index (χ0v) is 10.9. The van der Waals surface area contributed by atoms with Crippen LogP contribution in [0.15, 0.2) is 30.3 Å². The predicted octanol–water partition coefficient (Wildman–Crippen LogP) is 4.89. The standard InChI is InChI=1S/C9H11N.C6H14/c1-2-5-8-6-3-4-7-9(8)10;1-3-5-6-4-2/h2-7H,10H2,1H3;3-6H2,1-2H3/b5-2-;. The van der Waals surface area contributed by atoms with Gasteiger partial charge in [-0.1, -0.05) is 69.9 Å². The molecule has 0 aliphatic heterocycles. The molecule has 0 aliphatic rings. The maximum Gasteiger partial charge on any atom is 0.0387 e. The molecule has 1 rings (SSSR count). The van der Waals surface area contributed by atoms with E-state index in [2.05, 4.69) is 13.8 Å².